The van der Waals surface area contributed by atoms with E-state index in [-0.39, 0.29) is 16.7 Å². The standard InChI is InChI=1S/C12H14ClNO2S2/c13-10-5-8(1-2-11(10)15)12(16)14-6-9-7-17-3-4-18-9/h1-2,5,9,15H,3-4,6-7H2,(H,14,16). The van der Waals surface area contributed by atoms with Gasteiger partial charge in [0.2, 0.25) is 0 Å². The molecule has 2 rings (SSSR count). The minimum atomic E-state index is -0.145. The molecule has 1 unspecified atom stereocenters. The highest BCUT2D eigenvalue weighted by molar-refractivity contribution is 8.06. The normalized spacial score (nSPS) is 19.5. The minimum Gasteiger partial charge on any atom is -0.506 e. The summed E-state index contributed by atoms with van der Waals surface area (Å²) < 4.78 is 0. The van der Waals surface area contributed by atoms with Crippen LogP contribution in [0.25, 0.3) is 0 Å². The number of phenolic OH excluding ortho intramolecular Hbond substituents is 1. The molecule has 6 heteroatoms. The molecule has 1 fully saturated rings. The molecule has 1 aromatic rings. The lowest BCUT2D eigenvalue weighted by molar-refractivity contribution is 0.0954. The Hall–Kier alpha value is -0.520. The molecule has 0 bridgehead atoms. The molecule has 1 aromatic carbocycles. The Morgan fingerprint density at radius 3 is 3.00 bits per heavy atom. The monoisotopic (exact) mass is 303 g/mol. The van der Waals surface area contributed by atoms with Gasteiger partial charge in [0, 0.05) is 34.6 Å². The second-order valence-corrected chi connectivity index (χ2v) is 6.91. The number of hydrogen-bond acceptors (Lipinski definition) is 4. The van der Waals surface area contributed by atoms with Gasteiger partial charge < -0.3 is 10.4 Å². The molecule has 1 aliphatic rings. The minimum absolute atomic E-state index is 0.00699. The van der Waals surface area contributed by atoms with Crippen molar-refractivity contribution in [3.63, 3.8) is 0 Å². The largest absolute Gasteiger partial charge is 0.506 e. The van der Waals surface area contributed by atoms with Crippen LogP contribution >= 0.6 is 35.1 Å². The van der Waals surface area contributed by atoms with Gasteiger partial charge in [-0.3, -0.25) is 4.79 Å². The summed E-state index contributed by atoms with van der Waals surface area (Å²) in [6.45, 7) is 0.676. The lowest BCUT2D eigenvalue weighted by atomic mass is 10.2. The van der Waals surface area contributed by atoms with Crippen LogP contribution in [0.1, 0.15) is 10.4 Å². The number of phenols is 1. The van der Waals surface area contributed by atoms with Gasteiger partial charge in [0.15, 0.2) is 0 Å². The van der Waals surface area contributed by atoms with Crippen molar-refractivity contribution < 1.29 is 9.90 Å². The topological polar surface area (TPSA) is 49.3 Å². The van der Waals surface area contributed by atoms with Gasteiger partial charge in [-0.15, -0.1) is 0 Å². The van der Waals surface area contributed by atoms with Gasteiger partial charge >= 0.3 is 0 Å². The maximum absolute atomic E-state index is 11.9. The molecule has 0 aromatic heterocycles. The van der Waals surface area contributed by atoms with Crippen molar-refractivity contribution >= 4 is 41.0 Å². The fourth-order valence-corrected chi connectivity index (χ4v) is 4.40. The number of carbonyl (C=O) groups excluding carboxylic acids is 1. The van der Waals surface area contributed by atoms with Gasteiger partial charge in [-0.2, -0.15) is 23.5 Å². The number of carbonyl (C=O) groups is 1. The van der Waals surface area contributed by atoms with E-state index in [1.165, 1.54) is 17.9 Å². The fourth-order valence-electron chi connectivity index (χ4n) is 1.61. The summed E-state index contributed by atoms with van der Waals surface area (Å²) in [6.07, 6.45) is 0. The molecule has 1 saturated heterocycles. The number of nitrogens with one attached hydrogen (secondary N) is 1. The molecule has 3 nitrogen and oxygen atoms in total. The molecule has 1 heterocycles. The number of rotatable bonds is 3. The van der Waals surface area contributed by atoms with Crippen LogP contribution < -0.4 is 5.32 Å². The third-order valence-corrected chi connectivity index (χ3v) is 5.73. The predicted molar refractivity (Wildman–Crippen MR) is 79.0 cm³/mol. The molecule has 2 N–H and O–H groups in total. The van der Waals surface area contributed by atoms with E-state index in [1.807, 2.05) is 23.5 Å². The average Bonchev–Trinajstić information content (AvgIpc) is 2.40. The molecule has 98 valence electrons. The van der Waals surface area contributed by atoms with Crippen molar-refractivity contribution in [2.45, 2.75) is 5.25 Å². The van der Waals surface area contributed by atoms with Crippen LogP contribution in [0.5, 0.6) is 5.75 Å². The summed E-state index contributed by atoms with van der Waals surface area (Å²) in [5.41, 5.74) is 0.478. The van der Waals surface area contributed by atoms with E-state index in [0.29, 0.717) is 17.4 Å². The molecule has 0 spiro atoms. The molecule has 18 heavy (non-hydrogen) atoms. The van der Waals surface area contributed by atoms with Crippen LogP contribution in [-0.2, 0) is 0 Å². The molecule has 0 aliphatic carbocycles. The second-order valence-electron chi connectivity index (χ2n) is 3.94. The smallest absolute Gasteiger partial charge is 0.251 e. The summed E-state index contributed by atoms with van der Waals surface area (Å²) in [5.74, 6) is 3.28. The van der Waals surface area contributed by atoms with Gasteiger partial charge in [-0.1, -0.05) is 11.6 Å². The van der Waals surface area contributed by atoms with Crippen molar-refractivity contribution in [2.75, 3.05) is 23.8 Å². The first-order valence-electron chi connectivity index (χ1n) is 5.63. The van der Waals surface area contributed by atoms with Gasteiger partial charge in [0.1, 0.15) is 5.75 Å². The summed E-state index contributed by atoms with van der Waals surface area (Å²) in [7, 11) is 0. The maximum Gasteiger partial charge on any atom is 0.251 e. The number of hydrogen-bond donors (Lipinski definition) is 2. The first-order valence-corrected chi connectivity index (χ1v) is 8.21. The molecular formula is C12H14ClNO2S2. The van der Waals surface area contributed by atoms with Crippen LogP contribution in [-0.4, -0.2) is 40.1 Å². The number of thioether (sulfide) groups is 2. The van der Waals surface area contributed by atoms with E-state index >= 15 is 0 Å². The molecule has 1 aliphatic heterocycles. The predicted octanol–water partition coefficient (Wildman–Crippen LogP) is 2.62. The molecular weight excluding hydrogens is 290 g/mol. The van der Waals surface area contributed by atoms with Gasteiger partial charge in [-0.05, 0) is 18.2 Å². The van der Waals surface area contributed by atoms with E-state index < -0.39 is 0 Å². The van der Waals surface area contributed by atoms with Crippen LogP contribution in [0.3, 0.4) is 0 Å². The SMILES string of the molecule is O=C(NCC1CSCCS1)c1ccc(O)c(Cl)c1. The fraction of sp³-hybridized carbons (Fsp3) is 0.417. The lowest BCUT2D eigenvalue weighted by Gasteiger charge is -2.21. The first kappa shape index (κ1) is 13.9. The van der Waals surface area contributed by atoms with Gasteiger partial charge in [0.05, 0.1) is 5.02 Å². The molecule has 0 radical (unpaired) electrons. The lowest BCUT2D eigenvalue weighted by Crippen LogP contribution is -2.33. The summed E-state index contributed by atoms with van der Waals surface area (Å²) in [5, 5.41) is 12.9. The number of benzene rings is 1. The zero-order valence-electron chi connectivity index (χ0n) is 9.69. The van der Waals surface area contributed by atoms with Gasteiger partial charge in [-0.25, -0.2) is 0 Å². The van der Waals surface area contributed by atoms with E-state index in [2.05, 4.69) is 5.32 Å². The summed E-state index contributed by atoms with van der Waals surface area (Å²) in [6, 6.07) is 4.48. The average molecular weight is 304 g/mol. The van der Waals surface area contributed by atoms with Crippen LogP contribution in [0.15, 0.2) is 18.2 Å². The van der Waals surface area contributed by atoms with E-state index in [4.69, 9.17) is 11.6 Å². The first-order chi connectivity index (χ1) is 8.66. The Bertz CT molecular complexity index is 436. The summed E-state index contributed by atoms with van der Waals surface area (Å²) in [4.78, 5) is 11.9. The molecule has 0 saturated carbocycles. The molecule has 1 atom stereocenters. The van der Waals surface area contributed by atoms with Crippen molar-refractivity contribution in [1.29, 1.82) is 0 Å². The van der Waals surface area contributed by atoms with Gasteiger partial charge in [0.25, 0.3) is 5.91 Å². The van der Waals surface area contributed by atoms with E-state index in [1.54, 1.807) is 6.07 Å². The zero-order chi connectivity index (χ0) is 13.0. The van der Waals surface area contributed by atoms with E-state index in [0.717, 1.165) is 11.5 Å². The van der Waals surface area contributed by atoms with E-state index in [9.17, 15) is 9.90 Å². The highest BCUT2D eigenvalue weighted by atomic mass is 35.5. The Kier molecular flexibility index (Phi) is 5.09. The van der Waals surface area contributed by atoms with Crippen molar-refractivity contribution in [3.8, 4) is 5.75 Å². The summed E-state index contributed by atoms with van der Waals surface area (Å²) >= 11 is 9.60. The third kappa shape index (κ3) is 3.73. The number of aromatic hydroxyl groups is 1. The van der Waals surface area contributed by atoms with Crippen LogP contribution in [0, 0.1) is 0 Å². The Balaban J connectivity index is 1.88. The number of amides is 1. The van der Waals surface area contributed by atoms with Crippen molar-refractivity contribution in [1.82, 2.24) is 5.32 Å². The van der Waals surface area contributed by atoms with Crippen LogP contribution in [0.2, 0.25) is 5.02 Å². The highest BCUT2D eigenvalue weighted by Crippen LogP contribution is 2.25. The van der Waals surface area contributed by atoms with Crippen molar-refractivity contribution in [2.24, 2.45) is 0 Å². The Labute approximate surface area is 120 Å². The quantitative estimate of drug-likeness (QED) is 0.901. The third-order valence-electron chi connectivity index (χ3n) is 2.59. The van der Waals surface area contributed by atoms with Crippen molar-refractivity contribution in [3.05, 3.63) is 28.8 Å². The highest BCUT2D eigenvalue weighted by Gasteiger charge is 2.16. The Morgan fingerprint density at radius 2 is 2.33 bits per heavy atom. The zero-order valence-corrected chi connectivity index (χ0v) is 12.1. The maximum atomic E-state index is 11.9. The van der Waals surface area contributed by atoms with Crippen LogP contribution in [0.4, 0.5) is 0 Å². The Morgan fingerprint density at radius 1 is 1.50 bits per heavy atom. The molecule has 1 amide bonds. The second kappa shape index (κ2) is 6.59. The number of halogens is 1.